The summed E-state index contributed by atoms with van der Waals surface area (Å²) >= 11 is 0. The topological polar surface area (TPSA) is 27.7 Å². The number of hydrogen-bond acceptors (Lipinski definition) is 3. The molecule has 0 N–H and O–H groups in total. The molecule has 0 amide bonds. The van der Waals surface area contributed by atoms with E-state index in [9.17, 15) is 0 Å². The SMILES string of the molecule is C[SiH](C)O[SiH3].C[SiH](C)O[SiH3].C[SiH](C)O[SiH3]. The van der Waals surface area contributed by atoms with E-state index in [0.717, 1.165) is 31.5 Å². The van der Waals surface area contributed by atoms with Crippen LogP contribution in [0.15, 0.2) is 0 Å². The maximum Gasteiger partial charge on any atom is 0.156 e. The van der Waals surface area contributed by atoms with Crippen molar-refractivity contribution >= 4 is 58.6 Å². The van der Waals surface area contributed by atoms with Crippen molar-refractivity contribution < 1.29 is 12.3 Å². The van der Waals surface area contributed by atoms with Gasteiger partial charge >= 0.3 is 0 Å². The average molecular weight is 319 g/mol. The third-order valence-electron chi connectivity index (χ3n) is 1.41. The van der Waals surface area contributed by atoms with Crippen molar-refractivity contribution in [1.82, 2.24) is 0 Å². The van der Waals surface area contributed by atoms with E-state index in [1.165, 1.54) is 0 Å². The Morgan fingerprint density at radius 2 is 0.600 bits per heavy atom. The fourth-order valence-corrected chi connectivity index (χ4v) is 0. The monoisotopic (exact) mass is 318 g/mol. The Labute approximate surface area is 110 Å². The summed E-state index contributed by atoms with van der Waals surface area (Å²) in [6.45, 7) is 13.0. The molecule has 9 heteroatoms. The van der Waals surface area contributed by atoms with Gasteiger partial charge in [0.15, 0.2) is 27.1 Å². The zero-order chi connectivity index (χ0) is 12.9. The largest absolute Gasteiger partial charge is 0.466 e. The van der Waals surface area contributed by atoms with E-state index < -0.39 is 27.1 Å². The van der Waals surface area contributed by atoms with Gasteiger partial charge in [0.1, 0.15) is 31.5 Å². The summed E-state index contributed by atoms with van der Waals surface area (Å²) in [5.41, 5.74) is 0. The van der Waals surface area contributed by atoms with Crippen molar-refractivity contribution in [2.24, 2.45) is 0 Å². The van der Waals surface area contributed by atoms with Crippen LogP contribution in [0.3, 0.4) is 0 Å². The first-order chi connectivity index (χ1) is 6.81. The molecule has 0 unspecified atom stereocenters. The molecule has 0 spiro atoms. The fourth-order valence-electron chi connectivity index (χ4n) is 0. The number of hydrogen-bond donors (Lipinski definition) is 0. The maximum atomic E-state index is 5.03. The van der Waals surface area contributed by atoms with Crippen LogP contribution in [0.2, 0.25) is 39.3 Å². The molecule has 0 atom stereocenters. The van der Waals surface area contributed by atoms with Crippen LogP contribution in [0.5, 0.6) is 0 Å². The lowest BCUT2D eigenvalue weighted by Gasteiger charge is -1.93. The van der Waals surface area contributed by atoms with Gasteiger partial charge < -0.3 is 12.3 Å². The van der Waals surface area contributed by atoms with Gasteiger partial charge in [0.2, 0.25) is 0 Å². The van der Waals surface area contributed by atoms with Gasteiger partial charge in [0.25, 0.3) is 0 Å². The molecule has 0 aromatic rings. The average Bonchev–Trinajstić information content (AvgIpc) is 2.19. The Morgan fingerprint density at radius 1 is 0.533 bits per heavy atom. The van der Waals surface area contributed by atoms with E-state index in [-0.39, 0.29) is 0 Å². The van der Waals surface area contributed by atoms with Crippen LogP contribution in [0, 0.1) is 0 Å². The Balaban J connectivity index is -0.000000144. The minimum Gasteiger partial charge on any atom is -0.466 e. The zero-order valence-electron chi connectivity index (χ0n) is 12.0. The van der Waals surface area contributed by atoms with E-state index in [2.05, 4.69) is 39.3 Å². The quantitative estimate of drug-likeness (QED) is 0.553. The minimum atomic E-state index is -0.588. The molecule has 0 saturated heterocycles. The lowest BCUT2D eigenvalue weighted by atomic mass is 11.9. The highest BCUT2D eigenvalue weighted by Crippen LogP contribution is 1.73. The summed E-state index contributed by atoms with van der Waals surface area (Å²) in [6, 6.07) is 0. The molecule has 0 bridgehead atoms. The first kappa shape index (κ1) is 21.5. The van der Waals surface area contributed by atoms with Crippen molar-refractivity contribution in [3.8, 4) is 0 Å². The summed E-state index contributed by atoms with van der Waals surface area (Å²) in [5, 5.41) is 0. The first-order valence-electron chi connectivity index (χ1n) is 5.40. The molecule has 15 heavy (non-hydrogen) atoms. The minimum absolute atomic E-state index is 0.588. The van der Waals surface area contributed by atoms with E-state index in [1.807, 2.05) is 0 Å². The molecule has 0 aliphatic carbocycles. The normalized spacial score (nSPS) is 10.2. The third kappa shape index (κ3) is 51.1. The molecule has 0 rings (SSSR count). The van der Waals surface area contributed by atoms with E-state index in [4.69, 9.17) is 12.3 Å². The highest BCUT2D eigenvalue weighted by atomic mass is 28.3. The molecule has 0 fully saturated rings. The fraction of sp³-hybridized carbons (Fsp3) is 1.00. The van der Waals surface area contributed by atoms with Gasteiger partial charge in [0.05, 0.1) is 0 Å². The highest BCUT2D eigenvalue weighted by Gasteiger charge is 1.83. The summed E-state index contributed by atoms with van der Waals surface area (Å²) in [4.78, 5) is 0. The Kier molecular flexibility index (Phi) is 25.1. The molecule has 3 nitrogen and oxygen atoms in total. The van der Waals surface area contributed by atoms with Gasteiger partial charge in [-0.15, -0.1) is 0 Å². The molecule has 0 aliphatic heterocycles. The molecule has 0 aliphatic rings. The molecular formula is C6H30O3Si6. The van der Waals surface area contributed by atoms with Gasteiger partial charge in [-0.25, -0.2) is 0 Å². The molecule has 0 aromatic heterocycles. The molecule has 0 aromatic carbocycles. The van der Waals surface area contributed by atoms with Crippen molar-refractivity contribution in [2.45, 2.75) is 39.3 Å². The summed E-state index contributed by atoms with van der Waals surface area (Å²) in [7, 11) is 1.04. The van der Waals surface area contributed by atoms with Gasteiger partial charge in [0, 0.05) is 0 Å². The van der Waals surface area contributed by atoms with Gasteiger partial charge in [-0.2, -0.15) is 0 Å². The first-order valence-corrected chi connectivity index (χ1v) is 16.2. The lowest BCUT2D eigenvalue weighted by molar-refractivity contribution is 0.647. The van der Waals surface area contributed by atoms with Crippen LogP contribution in [-0.4, -0.2) is 58.6 Å². The van der Waals surface area contributed by atoms with E-state index >= 15 is 0 Å². The number of rotatable bonds is 3. The molecule has 0 saturated carbocycles. The Bertz CT molecular complexity index is 83.8. The molecular weight excluding hydrogens is 289 g/mol. The van der Waals surface area contributed by atoms with Crippen LogP contribution >= 0.6 is 0 Å². The second-order valence-electron chi connectivity index (χ2n) is 3.85. The predicted octanol–water partition coefficient (Wildman–Crippen LogP) is -2.20. The smallest absolute Gasteiger partial charge is 0.156 e. The van der Waals surface area contributed by atoms with Crippen molar-refractivity contribution in [3.05, 3.63) is 0 Å². The van der Waals surface area contributed by atoms with Crippen molar-refractivity contribution in [1.29, 1.82) is 0 Å². The van der Waals surface area contributed by atoms with Crippen LogP contribution in [0.4, 0.5) is 0 Å². The Hall–Kier alpha value is 1.18. The summed E-state index contributed by atoms with van der Waals surface area (Å²) in [6.07, 6.45) is 0. The van der Waals surface area contributed by atoms with Crippen LogP contribution in [0.1, 0.15) is 0 Å². The second kappa shape index (κ2) is 17.6. The maximum absolute atomic E-state index is 5.03. The summed E-state index contributed by atoms with van der Waals surface area (Å²) < 4.78 is 15.1. The van der Waals surface area contributed by atoms with Crippen LogP contribution in [0.25, 0.3) is 0 Å². The van der Waals surface area contributed by atoms with E-state index in [1.54, 1.807) is 0 Å². The molecule has 0 radical (unpaired) electrons. The molecule has 0 heterocycles. The predicted molar refractivity (Wildman–Crippen MR) is 89.7 cm³/mol. The Morgan fingerprint density at radius 3 is 0.600 bits per heavy atom. The highest BCUT2D eigenvalue weighted by molar-refractivity contribution is 6.53. The van der Waals surface area contributed by atoms with Crippen molar-refractivity contribution in [2.75, 3.05) is 0 Å². The van der Waals surface area contributed by atoms with Crippen LogP contribution in [-0.2, 0) is 12.3 Å². The van der Waals surface area contributed by atoms with E-state index in [0.29, 0.717) is 0 Å². The zero-order valence-corrected chi connectivity index (χ0v) is 21.4. The standard InChI is InChI=1S/3C2H10OSi2/c3*1-5(2)3-4/h3*5H,1-2,4H3. The van der Waals surface area contributed by atoms with Crippen molar-refractivity contribution in [3.63, 3.8) is 0 Å². The lowest BCUT2D eigenvalue weighted by Crippen LogP contribution is -2.02. The summed E-state index contributed by atoms with van der Waals surface area (Å²) in [5.74, 6) is 0. The van der Waals surface area contributed by atoms with Gasteiger partial charge in [-0.3, -0.25) is 0 Å². The second-order valence-corrected chi connectivity index (χ2v) is 15.8. The van der Waals surface area contributed by atoms with Gasteiger partial charge in [-0.05, 0) is 39.3 Å². The van der Waals surface area contributed by atoms with Gasteiger partial charge in [-0.1, -0.05) is 0 Å². The molecule has 96 valence electrons. The third-order valence-corrected chi connectivity index (χ3v) is 12.7. The van der Waals surface area contributed by atoms with Crippen LogP contribution < -0.4 is 0 Å².